The highest BCUT2D eigenvalue weighted by Gasteiger charge is 2.47. The van der Waals surface area contributed by atoms with Crippen molar-refractivity contribution >= 4 is 0 Å². The molecular weight excluding hydrogens is 1380 g/mol. The third-order valence-corrected chi connectivity index (χ3v) is 27.0. The van der Waals surface area contributed by atoms with Gasteiger partial charge < -0.3 is 16.0 Å². The Kier molecular flexibility index (Phi) is 88.3. The van der Waals surface area contributed by atoms with Gasteiger partial charge in [-0.2, -0.15) is 0 Å². The van der Waals surface area contributed by atoms with E-state index in [4.69, 9.17) is 0 Å². The molecule has 0 aromatic rings. The van der Waals surface area contributed by atoms with E-state index in [1.54, 1.807) is 25.7 Å². The average molecular weight is 1610 g/mol. The second kappa shape index (κ2) is 83.8. The molecule has 0 unspecified atom stereocenters. The Morgan fingerprint density at radius 1 is 0.228 bits per heavy atom. The molecule has 16 fully saturated rings. The van der Waals surface area contributed by atoms with Gasteiger partial charge in [-0.1, -0.05) is 497 Å². The maximum absolute atomic E-state index is 3.32. The lowest BCUT2D eigenvalue weighted by Crippen LogP contribution is -2.59. The van der Waals surface area contributed by atoms with Gasteiger partial charge in [0.2, 0.25) is 0 Å². The van der Waals surface area contributed by atoms with Crippen LogP contribution in [0.4, 0.5) is 0 Å². The van der Waals surface area contributed by atoms with Crippen LogP contribution in [0.1, 0.15) is 561 Å². The second-order valence-corrected chi connectivity index (χ2v) is 44.2. The molecule has 3 nitrogen and oxygen atoms in total. The van der Waals surface area contributed by atoms with Gasteiger partial charge in [0.25, 0.3) is 0 Å². The fourth-order valence-electron chi connectivity index (χ4n) is 15.7. The molecular formula is C111H233N3. The van der Waals surface area contributed by atoms with Crippen molar-refractivity contribution < 1.29 is 0 Å². The van der Waals surface area contributed by atoms with Crippen molar-refractivity contribution in [1.29, 1.82) is 0 Å². The monoisotopic (exact) mass is 1610 g/mol. The molecule has 2 spiro atoms. The van der Waals surface area contributed by atoms with Crippen molar-refractivity contribution in [3.63, 3.8) is 0 Å². The molecule has 0 aromatic heterocycles. The highest BCUT2D eigenvalue weighted by atomic mass is 15.0. The van der Waals surface area contributed by atoms with E-state index in [9.17, 15) is 0 Å². The second-order valence-electron chi connectivity index (χ2n) is 44.2. The van der Waals surface area contributed by atoms with E-state index in [0.29, 0.717) is 0 Å². The fraction of sp³-hybridized carbons (Fsp3) is 1.00. The molecule has 692 valence electrons. The summed E-state index contributed by atoms with van der Waals surface area (Å²) < 4.78 is 0. The number of hydrogen-bond acceptors (Lipinski definition) is 3. The van der Waals surface area contributed by atoms with Gasteiger partial charge in [0.05, 0.1) is 0 Å². The van der Waals surface area contributed by atoms with Gasteiger partial charge in [0.1, 0.15) is 0 Å². The van der Waals surface area contributed by atoms with Gasteiger partial charge in [-0.05, 0) is 208 Å². The van der Waals surface area contributed by atoms with Crippen molar-refractivity contribution in [2.45, 2.75) is 561 Å². The molecule has 0 radical (unpaired) electrons. The minimum atomic E-state index is 0.805. The third kappa shape index (κ3) is 89.6. The van der Waals surface area contributed by atoms with Crippen molar-refractivity contribution in [3.05, 3.63) is 0 Å². The SMILES string of the molecule is CC(C)C.CC(C)C.CC1CC2(CCC2)C1.CC1CC2(CNC2)C1.CC1CCC1.CC1CCC1.CC1CCC1.CC1CCC1.CC1CCCC1.CC1CCCC1.CC1CCCCC1.CC1CCCCC1.CC1CCNCC1.CC1CCNCC1.CCC(C)C.CCC(C)C.CCC1CC1.CCC1CC1.CCCCC.CCCCC. The third-order valence-electron chi connectivity index (χ3n) is 27.0. The van der Waals surface area contributed by atoms with Crippen LogP contribution in [-0.2, 0) is 0 Å². The van der Waals surface area contributed by atoms with E-state index in [1.807, 2.05) is 0 Å². The summed E-state index contributed by atoms with van der Waals surface area (Å²) in [5.41, 5.74) is 1.72. The van der Waals surface area contributed by atoms with Crippen LogP contribution in [0.3, 0.4) is 0 Å². The number of piperidine rings is 2. The molecule has 0 aromatic carbocycles. The van der Waals surface area contributed by atoms with Crippen LogP contribution in [0.5, 0.6) is 0 Å². The summed E-state index contributed by atoms with van der Waals surface area (Å²) in [7, 11) is 0. The quantitative estimate of drug-likeness (QED) is 0.227. The first kappa shape index (κ1) is 120. The zero-order valence-electron chi connectivity index (χ0n) is 86.0. The molecule has 16 rings (SSSR count). The number of hydrogen-bond donors (Lipinski definition) is 3. The van der Waals surface area contributed by atoms with Crippen LogP contribution >= 0.6 is 0 Å². The lowest BCUT2D eigenvalue weighted by atomic mass is 9.52. The van der Waals surface area contributed by atoms with E-state index in [-0.39, 0.29) is 0 Å². The van der Waals surface area contributed by atoms with Crippen LogP contribution in [0.25, 0.3) is 0 Å². The lowest BCUT2D eigenvalue weighted by Gasteiger charge is -2.53. The molecule has 16 aliphatic rings. The minimum Gasteiger partial charge on any atom is -0.317 e. The van der Waals surface area contributed by atoms with Crippen LogP contribution < -0.4 is 16.0 Å². The Balaban J connectivity index is -0.000000561. The van der Waals surface area contributed by atoms with Gasteiger partial charge in [0.15, 0.2) is 0 Å². The summed E-state index contributed by atoms with van der Waals surface area (Å²) in [5, 5.41) is 9.95. The summed E-state index contributed by atoms with van der Waals surface area (Å²) >= 11 is 0. The molecule has 114 heavy (non-hydrogen) atoms. The zero-order chi connectivity index (χ0) is 86.6. The molecule has 3 heterocycles. The Labute approximate surface area is 729 Å². The Bertz CT molecular complexity index is 1540. The summed E-state index contributed by atoms with van der Waals surface area (Å²) in [4.78, 5) is 0. The first-order chi connectivity index (χ1) is 54.3. The van der Waals surface area contributed by atoms with Gasteiger partial charge in [-0.15, -0.1) is 0 Å². The van der Waals surface area contributed by atoms with Gasteiger partial charge in [0, 0.05) is 13.1 Å². The maximum Gasteiger partial charge on any atom is 0.00204 e. The maximum atomic E-state index is 3.32. The minimum absolute atomic E-state index is 0.805. The summed E-state index contributed by atoms with van der Waals surface area (Å²) in [6.07, 6.45) is 80.4. The number of rotatable bonds is 8. The topological polar surface area (TPSA) is 36.1 Å². The molecule has 13 saturated carbocycles. The van der Waals surface area contributed by atoms with E-state index in [0.717, 1.165) is 117 Å². The highest BCUT2D eigenvalue weighted by Crippen LogP contribution is 2.58. The average Bonchev–Trinajstić information content (AvgIpc) is 0.984. The summed E-state index contributed by atoms with van der Waals surface area (Å²) in [5.74, 6) is 18.2. The van der Waals surface area contributed by atoms with Crippen LogP contribution in [0.15, 0.2) is 0 Å². The van der Waals surface area contributed by atoms with Gasteiger partial charge in [-0.3, -0.25) is 0 Å². The predicted octanol–water partition coefficient (Wildman–Crippen LogP) is 37.8. The van der Waals surface area contributed by atoms with E-state index in [1.165, 1.54) is 367 Å². The molecule has 3 saturated heterocycles. The highest BCUT2D eigenvalue weighted by molar-refractivity contribution is 5.01. The van der Waals surface area contributed by atoms with Crippen molar-refractivity contribution in [1.82, 2.24) is 16.0 Å². The van der Waals surface area contributed by atoms with E-state index < -0.39 is 0 Å². The normalized spacial score (nSPS) is 22.9. The molecule has 13 aliphatic carbocycles. The standard InChI is InChI=1S/C8H14.C7H13N.2C7H14.2C6H13N.2C6H12.6C5H10.4C5H12.2C4H10/c1-7-5-8(6-7)3-2-4-8;1-6-2-7(3-6)4-8-5-7;2*1-7-5-3-2-4-6-7;2*1-6-2-4-7-5-3-6;2*1-6-4-2-3-5-6;4*1-5-3-2-4-5;2*1-2-5-3-4-5;2*1-4-5(2)3;2*1-3-5-4-2;2*1-4(2)3/h7H,2-6H2,1H3;6,8H,2-5H2,1H3;2*7H,2-6H2,1H3;2*6-7H,2-5H2,1H3;2*6H,2-5H2,1H3;6*5H,2-4H2,1H3;2*5H,4H2,1-3H3;2*3-5H2,1-2H3;2*4H,1-3H3. The predicted molar refractivity (Wildman–Crippen MR) is 530 cm³/mol. The fourth-order valence-corrected chi connectivity index (χ4v) is 15.7. The molecule has 3 aliphatic heterocycles. The molecule has 0 atom stereocenters. The zero-order valence-corrected chi connectivity index (χ0v) is 86.0. The Morgan fingerprint density at radius 3 is 0.474 bits per heavy atom. The van der Waals surface area contributed by atoms with Gasteiger partial charge >= 0.3 is 0 Å². The van der Waals surface area contributed by atoms with E-state index in [2.05, 4.69) is 224 Å². The first-order valence-electron chi connectivity index (χ1n) is 53.4. The first-order valence-corrected chi connectivity index (χ1v) is 53.4. The number of nitrogens with one attached hydrogen (secondary N) is 3. The Morgan fingerprint density at radius 2 is 0.421 bits per heavy atom. The van der Waals surface area contributed by atoms with Gasteiger partial charge in [-0.25, -0.2) is 0 Å². The lowest BCUT2D eigenvalue weighted by molar-refractivity contribution is -0.0161. The largest absolute Gasteiger partial charge is 0.317 e. The Hall–Kier alpha value is -0.120. The summed E-state index contributed by atoms with van der Waals surface area (Å²) in [6.45, 7) is 75.2. The van der Waals surface area contributed by atoms with E-state index >= 15 is 0 Å². The molecule has 3 heteroatoms. The molecule has 3 N–H and O–H groups in total. The molecule has 0 bridgehead atoms. The van der Waals surface area contributed by atoms with Crippen molar-refractivity contribution in [3.8, 4) is 0 Å². The smallest absolute Gasteiger partial charge is 0.00204 e. The van der Waals surface area contributed by atoms with Crippen molar-refractivity contribution in [2.75, 3.05) is 39.3 Å². The molecule has 0 amide bonds. The van der Waals surface area contributed by atoms with Crippen molar-refractivity contribution in [2.24, 2.45) is 117 Å². The number of unbranched alkanes of at least 4 members (excludes halogenated alkanes) is 4. The van der Waals surface area contributed by atoms with Crippen LogP contribution in [0.2, 0.25) is 0 Å². The van der Waals surface area contributed by atoms with Crippen LogP contribution in [-0.4, -0.2) is 39.3 Å². The van der Waals surface area contributed by atoms with Crippen LogP contribution in [0, 0.1) is 117 Å². The summed E-state index contributed by atoms with van der Waals surface area (Å²) in [6, 6.07) is 0.